The van der Waals surface area contributed by atoms with Crippen LogP contribution in [-0.2, 0) is 20.7 Å². The Morgan fingerprint density at radius 3 is 2.84 bits per heavy atom. The molecule has 0 aliphatic carbocycles. The van der Waals surface area contributed by atoms with Crippen LogP contribution in [0.15, 0.2) is 40.4 Å². The van der Waals surface area contributed by atoms with Gasteiger partial charge < -0.3 is 9.47 Å². The molecule has 1 atom stereocenters. The van der Waals surface area contributed by atoms with E-state index in [1.165, 1.54) is 13.2 Å². The van der Waals surface area contributed by atoms with Gasteiger partial charge in [0.05, 0.1) is 19.9 Å². The number of methoxy groups -OCH3 is 2. The number of benzene rings is 1. The molecule has 1 aromatic carbocycles. The summed E-state index contributed by atoms with van der Waals surface area (Å²) in [5, 5.41) is 0. The molecule has 0 radical (unpaired) electrons. The van der Waals surface area contributed by atoms with Crippen molar-refractivity contribution < 1.29 is 18.5 Å². The predicted molar refractivity (Wildman–Crippen MR) is 70.9 cm³/mol. The Kier molecular flexibility index (Phi) is 3.96. The second-order valence-corrected chi connectivity index (χ2v) is 4.49. The predicted octanol–water partition coefficient (Wildman–Crippen LogP) is 0.723. The first-order valence-electron chi connectivity index (χ1n) is 5.35. The van der Waals surface area contributed by atoms with Crippen LogP contribution < -0.4 is 9.46 Å². The summed E-state index contributed by atoms with van der Waals surface area (Å²) < 4.78 is 27.6. The fourth-order valence-corrected chi connectivity index (χ4v) is 2.24. The molecule has 100 valence electrons. The summed E-state index contributed by atoms with van der Waals surface area (Å²) in [5.74, 6) is 0.0566. The second kappa shape index (κ2) is 5.66. The van der Waals surface area contributed by atoms with Gasteiger partial charge in [-0.2, -0.15) is 4.40 Å². The molecule has 6 nitrogen and oxygen atoms in total. The van der Waals surface area contributed by atoms with Gasteiger partial charge in [0.25, 0.3) is 0 Å². The smallest absolute Gasteiger partial charge is 0.355 e. The van der Waals surface area contributed by atoms with E-state index >= 15 is 0 Å². The average molecular weight is 280 g/mol. The number of carbonyl (C=O) groups is 1. The normalized spacial score (nSPS) is 17.9. The molecule has 7 heteroatoms. The monoisotopic (exact) mass is 280 g/mol. The molecule has 1 aliphatic rings. The Labute approximate surface area is 112 Å². The fourth-order valence-electron chi connectivity index (χ4n) is 1.53. The lowest BCUT2D eigenvalue weighted by Gasteiger charge is -2.13. The number of esters is 1. The molecule has 19 heavy (non-hydrogen) atoms. The third-order valence-corrected chi connectivity index (χ3v) is 3.19. The number of allylic oxidation sites excluding steroid dienone is 1. The standard InChI is InChI=1S/C12H12N2O4S/c1-17-9-5-3-4-8(6-9)10-7-11(12(15)18-2)14-19(16)13-10/h3-7,14H,1-2H3. The fraction of sp³-hybridized carbons (Fsp3) is 0.167. The molecule has 1 unspecified atom stereocenters. The second-order valence-electron chi connectivity index (χ2n) is 3.61. The van der Waals surface area contributed by atoms with Gasteiger partial charge in [0, 0.05) is 5.56 Å². The lowest BCUT2D eigenvalue weighted by atomic mass is 10.1. The van der Waals surface area contributed by atoms with Crippen molar-refractivity contribution in [2.45, 2.75) is 0 Å². The number of hydrogen-bond donors (Lipinski definition) is 1. The number of hydrogen-bond acceptors (Lipinski definition) is 4. The quantitative estimate of drug-likeness (QED) is 0.828. The Hall–Kier alpha value is -2.15. The van der Waals surface area contributed by atoms with Crippen molar-refractivity contribution in [1.29, 1.82) is 0 Å². The van der Waals surface area contributed by atoms with Crippen molar-refractivity contribution in [2.75, 3.05) is 14.2 Å². The minimum absolute atomic E-state index is 0.105. The third-order valence-electron chi connectivity index (χ3n) is 2.43. The molecule has 0 amide bonds. The van der Waals surface area contributed by atoms with Crippen LogP contribution >= 0.6 is 0 Å². The zero-order valence-corrected chi connectivity index (χ0v) is 11.2. The van der Waals surface area contributed by atoms with E-state index in [2.05, 4.69) is 13.9 Å². The number of ether oxygens (including phenoxy) is 2. The molecule has 2 rings (SSSR count). The summed E-state index contributed by atoms with van der Waals surface area (Å²) in [4.78, 5) is 11.4. The summed E-state index contributed by atoms with van der Waals surface area (Å²) >= 11 is -1.70. The lowest BCUT2D eigenvalue weighted by molar-refractivity contribution is -0.136. The molecule has 0 bridgehead atoms. The van der Waals surface area contributed by atoms with Crippen molar-refractivity contribution in [1.82, 2.24) is 4.72 Å². The number of nitrogens with zero attached hydrogens (tertiary/aromatic N) is 1. The number of nitrogens with one attached hydrogen (secondary N) is 1. The van der Waals surface area contributed by atoms with Crippen LogP contribution in [0.1, 0.15) is 5.56 Å². The Morgan fingerprint density at radius 2 is 2.16 bits per heavy atom. The average Bonchev–Trinajstić information content (AvgIpc) is 2.45. The van der Waals surface area contributed by atoms with Gasteiger partial charge in [-0.25, -0.2) is 9.00 Å². The minimum atomic E-state index is -1.70. The van der Waals surface area contributed by atoms with Crippen LogP contribution in [-0.4, -0.2) is 30.1 Å². The topological polar surface area (TPSA) is 77.0 Å². The first kappa shape index (κ1) is 13.3. The number of carbonyl (C=O) groups excluding carboxylic acids is 1. The summed E-state index contributed by atoms with van der Waals surface area (Å²) in [6.45, 7) is 0. The van der Waals surface area contributed by atoms with Crippen molar-refractivity contribution in [3.63, 3.8) is 0 Å². The SMILES string of the molecule is COC(=O)C1=CC(c2cccc(OC)c2)=NS(=O)N1. The zero-order chi connectivity index (χ0) is 13.8. The van der Waals surface area contributed by atoms with E-state index in [1.54, 1.807) is 31.4 Å². The van der Waals surface area contributed by atoms with Crippen LogP contribution in [0.5, 0.6) is 5.75 Å². The van der Waals surface area contributed by atoms with Crippen LogP contribution in [0.4, 0.5) is 0 Å². The van der Waals surface area contributed by atoms with Gasteiger partial charge in [-0.1, -0.05) is 12.1 Å². The van der Waals surface area contributed by atoms with E-state index in [1.807, 2.05) is 0 Å². The number of rotatable bonds is 3. The van der Waals surface area contributed by atoms with Gasteiger partial charge in [-0.05, 0) is 18.2 Å². The van der Waals surface area contributed by atoms with Gasteiger partial charge in [-0.3, -0.25) is 4.72 Å². The van der Waals surface area contributed by atoms with Crippen molar-refractivity contribution >= 4 is 22.9 Å². The van der Waals surface area contributed by atoms with E-state index in [4.69, 9.17) is 4.74 Å². The van der Waals surface area contributed by atoms with E-state index < -0.39 is 17.1 Å². The molecule has 1 heterocycles. The molecule has 0 spiro atoms. The summed E-state index contributed by atoms with van der Waals surface area (Å²) in [6.07, 6.45) is 1.49. The van der Waals surface area contributed by atoms with Crippen molar-refractivity contribution in [3.05, 3.63) is 41.6 Å². The van der Waals surface area contributed by atoms with E-state index in [0.29, 0.717) is 17.0 Å². The van der Waals surface area contributed by atoms with Crippen LogP contribution in [0.2, 0.25) is 0 Å². The maximum absolute atomic E-state index is 11.6. The van der Waals surface area contributed by atoms with Gasteiger partial charge in [0.1, 0.15) is 11.4 Å². The Bertz CT molecular complexity index is 595. The summed E-state index contributed by atoms with van der Waals surface area (Å²) in [6, 6.07) is 7.10. The highest BCUT2D eigenvalue weighted by molar-refractivity contribution is 7.82. The molecule has 0 aromatic heterocycles. The first-order chi connectivity index (χ1) is 9.13. The van der Waals surface area contributed by atoms with E-state index in [9.17, 15) is 9.00 Å². The van der Waals surface area contributed by atoms with Gasteiger partial charge in [-0.15, -0.1) is 0 Å². The minimum Gasteiger partial charge on any atom is -0.497 e. The third kappa shape index (κ3) is 3.00. The van der Waals surface area contributed by atoms with Crippen molar-refractivity contribution in [3.8, 4) is 5.75 Å². The van der Waals surface area contributed by atoms with Crippen LogP contribution in [0.3, 0.4) is 0 Å². The Balaban J connectivity index is 2.39. The molecule has 1 aromatic rings. The van der Waals surface area contributed by atoms with Crippen LogP contribution in [0, 0.1) is 0 Å². The molecular formula is C12H12N2O4S. The first-order valence-corrected chi connectivity index (χ1v) is 6.46. The van der Waals surface area contributed by atoms with Crippen molar-refractivity contribution in [2.24, 2.45) is 4.40 Å². The summed E-state index contributed by atoms with van der Waals surface area (Å²) in [5.41, 5.74) is 1.24. The maximum atomic E-state index is 11.6. The molecule has 0 saturated carbocycles. The van der Waals surface area contributed by atoms with Gasteiger partial charge in [0.2, 0.25) is 11.2 Å². The molecule has 0 saturated heterocycles. The molecule has 1 aliphatic heterocycles. The summed E-state index contributed by atoms with van der Waals surface area (Å²) in [7, 11) is 2.81. The van der Waals surface area contributed by atoms with Crippen LogP contribution in [0.25, 0.3) is 0 Å². The molecule has 1 N–H and O–H groups in total. The lowest BCUT2D eigenvalue weighted by Crippen LogP contribution is -2.27. The van der Waals surface area contributed by atoms with Gasteiger partial charge >= 0.3 is 5.97 Å². The van der Waals surface area contributed by atoms with E-state index in [-0.39, 0.29) is 5.70 Å². The Morgan fingerprint density at radius 1 is 1.37 bits per heavy atom. The molecule has 0 fully saturated rings. The highest BCUT2D eigenvalue weighted by Gasteiger charge is 2.19. The maximum Gasteiger partial charge on any atom is 0.355 e. The molecular weight excluding hydrogens is 268 g/mol. The van der Waals surface area contributed by atoms with E-state index in [0.717, 1.165) is 0 Å². The zero-order valence-electron chi connectivity index (χ0n) is 10.4. The largest absolute Gasteiger partial charge is 0.497 e. The highest BCUT2D eigenvalue weighted by Crippen LogP contribution is 2.16. The van der Waals surface area contributed by atoms with Gasteiger partial charge in [0.15, 0.2) is 0 Å². The highest BCUT2D eigenvalue weighted by atomic mass is 32.2.